The zero-order valence-electron chi connectivity index (χ0n) is 11.3. The van der Waals surface area contributed by atoms with E-state index in [0.717, 1.165) is 10.5 Å². The maximum atomic E-state index is 12.3. The molecule has 1 aromatic rings. The van der Waals surface area contributed by atoms with Gasteiger partial charge in [0.25, 0.3) is 0 Å². The van der Waals surface area contributed by atoms with Crippen LogP contribution < -0.4 is 0 Å². The summed E-state index contributed by atoms with van der Waals surface area (Å²) >= 11 is 0. The average molecular weight is 289 g/mol. The summed E-state index contributed by atoms with van der Waals surface area (Å²) in [6.45, 7) is 0.289. The molecule has 0 bridgehead atoms. The van der Waals surface area contributed by atoms with Crippen LogP contribution in [-0.4, -0.2) is 48.2 Å². The highest BCUT2D eigenvalue weighted by Gasteiger charge is 2.30. The zero-order chi connectivity index (χ0) is 15.2. The van der Waals surface area contributed by atoms with Gasteiger partial charge in [-0.05, 0) is 6.92 Å². The molecule has 1 N–H and O–H groups in total. The van der Waals surface area contributed by atoms with Crippen molar-refractivity contribution in [1.29, 1.82) is 0 Å². The Kier molecular flexibility index (Phi) is 6.16. The van der Waals surface area contributed by atoms with Crippen molar-refractivity contribution >= 4 is 5.78 Å². The van der Waals surface area contributed by atoms with E-state index in [4.69, 9.17) is 5.11 Å². The van der Waals surface area contributed by atoms with E-state index in [0.29, 0.717) is 5.56 Å². The lowest BCUT2D eigenvalue weighted by Gasteiger charge is -2.22. The van der Waals surface area contributed by atoms with Crippen molar-refractivity contribution in [3.63, 3.8) is 0 Å². The first-order chi connectivity index (χ1) is 9.31. The topological polar surface area (TPSA) is 40.5 Å². The van der Waals surface area contributed by atoms with Gasteiger partial charge >= 0.3 is 6.18 Å². The number of hydrogen-bond donors (Lipinski definition) is 1. The van der Waals surface area contributed by atoms with Gasteiger partial charge in [-0.3, -0.25) is 9.69 Å². The van der Waals surface area contributed by atoms with Crippen molar-refractivity contribution in [3.05, 3.63) is 35.4 Å². The number of carbonyl (C=O) groups is 1. The molecular weight excluding hydrogens is 271 g/mol. The molecule has 0 atom stereocenters. The van der Waals surface area contributed by atoms with Crippen LogP contribution in [0.4, 0.5) is 13.2 Å². The Morgan fingerprint density at radius 3 is 2.30 bits per heavy atom. The molecule has 6 heteroatoms. The van der Waals surface area contributed by atoms with Crippen LogP contribution in [0, 0.1) is 6.92 Å². The van der Waals surface area contributed by atoms with E-state index in [2.05, 4.69) is 0 Å². The van der Waals surface area contributed by atoms with Crippen molar-refractivity contribution in [3.8, 4) is 0 Å². The summed E-state index contributed by atoms with van der Waals surface area (Å²) in [6.07, 6.45) is -4.33. The van der Waals surface area contributed by atoms with Crippen LogP contribution in [0.3, 0.4) is 0 Å². The number of halogens is 3. The summed E-state index contributed by atoms with van der Waals surface area (Å²) in [6, 6.07) is 6.90. The van der Waals surface area contributed by atoms with Gasteiger partial charge in [0.1, 0.15) is 0 Å². The Balaban J connectivity index is 2.54. The number of nitrogens with zero attached hydrogens (tertiary/aromatic N) is 1. The first-order valence-electron chi connectivity index (χ1n) is 6.31. The van der Waals surface area contributed by atoms with E-state index in [-0.39, 0.29) is 31.9 Å². The number of benzene rings is 1. The largest absolute Gasteiger partial charge is 0.401 e. The molecule has 20 heavy (non-hydrogen) atoms. The van der Waals surface area contributed by atoms with Crippen LogP contribution >= 0.6 is 0 Å². The molecule has 0 radical (unpaired) electrons. The van der Waals surface area contributed by atoms with Crippen LogP contribution in [0.1, 0.15) is 22.3 Å². The Hall–Kier alpha value is -1.40. The van der Waals surface area contributed by atoms with Gasteiger partial charge in [0.05, 0.1) is 13.2 Å². The summed E-state index contributed by atoms with van der Waals surface area (Å²) in [5.41, 5.74) is 1.51. The molecule has 1 aromatic carbocycles. The molecule has 0 amide bonds. The molecule has 0 saturated heterocycles. The highest BCUT2D eigenvalue weighted by atomic mass is 19.4. The minimum absolute atomic E-state index is 0.000852. The van der Waals surface area contributed by atoms with E-state index >= 15 is 0 Å². The van der Waals surface area contributed by atoms with Gasteiger partial charge < -0.3 is 5.11 Å². The smallest absolute Gasteiger partial charge is 0.395 e. The monoisotopic (exact) mass is 289 g/mol. The maximum absolute atomic E-state index is 12.3. The molecule has 112 valence electrons. The van der Waals surface area contributed by atoms with Gasteiger partial charge in [-0.25, -0.2) is 0 Å². The maximum Gasteiger partial charge on any atom is 0.401 e. The highest BCUT2D eigenvalue weighted by Crippen LogP contribution is 2.16. The van der Waals surface area contributed by atoms with Crippen LogP contribution in [0.25, 0.3) is 0 Å². The number of aryl methyl sites for hydroxylation is 1. The summed E-state index contributed by atoms with van der Waals surface area (Å²) < 4.78 is 36.9. The summed E-state index contributed by atoms with van der Waals surface area (Å²) in [5.74, 6) is -0.199. The number of ketones is 1. The van der Waals surface area contributed by atoms with Crippen LogP contribution in [0.5, 0.6) is 0 Å². The lowest BCUT2D eigenvalue weighted by Crippen LogP contribution is -2.37. The molecule has 0 heterocycles. The number of alkyl halides is 3. The number of aliphatic hydroxyl groups is 1. The van der Waals surface area contributed by atoms with Gasteiger partial charge in [0.2, 0.25) is 0 Å². The standard InChI is InChI=1S/C14H18F3NO2/c1-11-2-4-12(5-3-11)13(20)6-7-18(8-9-19)10-14(15,16)17/h2-5,19H,6-10H2,1H3. The molecule has 3 nitrogen and oxygen atoms in total. The third-order valence-electron chi connectivity index (χ3n) is 2.85. The number of carbonyl (C=O) groups excluding carboxylic acids is 1. The number of aliphatic hydroxyl groups excluding tert-OH is 1. The second-order valence-electron chi connectivity index (χ2n) is 4.65. The van der Waals surface area contributed by atoms with Crippen LogP contribution in [-0.2, 0) is 0 Å². The molecule has 0 aliphatic carbocycles. The Morgan fingerprint density at radius 1 is 1.20 bits per heavy atom. The molecule has 0 unspecified atom stereocenters. The quantitative estimate of drug-likeness (QED) is 0.784. The molecular formula is C14H18F3NO2. The molecule has 1 rings (SSSR count). The lowest BCUT2D eigenvalue weighted by atomic mass is 10.1. The minimum atomic E-state index is -4.33. The Morgan fingerprint density at radius 2 is 1.80 bits per heavy atom. The van der Waals surface area contributed by atoms with Crippen molar-refractivity contribution < 1.29 is 23.1 Å². The van der Waals surface area contributed by atoms with E-state index < -0.39 is 12.7 Å². The first kappa shape index (κ1) is 16.7. The normalized spacial score (nSPS) is 11.9. The lowest BCUT2D eigenvalue weighted by molar-refractivity contribution is -0.146. The van der Waals surface area contributed by atoms with Crippen LogP contribution in [0.2, 0.25) is 0 Å². The van der Waals surface area contributed by atoms with E-state index in [1.165, 1.54) is 0 Å². The van der Waals surface area contributed by atoms with Crippen LogP contribution in [0.15, 0.2) is 24.3 Å². The summed E-state index contributed by atoms with van der Waals surface area (Å²) in [5, 5.41) is 8.75. The van der Waals surface area contributed by atoms with E-state index in [9.17, 15) is 18.0 Å². The molecule has 0 fully saturated rings. The fourth-order valence-electron chi connectivity index (χ4n) is 1.81. The Labute approximate surface area is 116 Å². The second kappa shape index (κ2) is 7.40. The van der Waals surface area contributed by atoms with Gasteiger partial charge in [0.15, 0.2) is 5.78 Å². The highest BCUT2D eigenvalue weighted by molar-refractivity contribution is 5.96. The summed E-state index contributed by atoms with van der Waals surface area (Å²) in [4.78, 5) is 12.9. The molecule has 0 aromatic heterocycles. The first-order valence-corrected chi connectivity index (χ1v) is 6.31. The molecule has 0 spiro atoms. The van der Waals surface area contributed by atoms with Gasteiger partial charge in [0, 0.05) is 25.1 Å². The van der Waals surface area contributed by atoms with Gasteiger partial charge in [-0.15, -0.1) is 0 Å². The van der Waals surface area contributed by atoms with Crippen molar-refractivity contribution in [1.82, 2.24) is 4.90 Å². The minimum Gasteiger partial charge on any atom is -0.395 e. The predicted molar refractivity (Wildman–Crippen MR) is 69.7 cm³/mol. The zero-order valence-corrected chi connectivity index (χ0v) is 11.3. The predicted octanol–water partition coefficient (Wildman–Crippen LogP) is 2.42. The van der Waals surface area contributed by atoms with E-state index in [1.807, 2.05) is 6.92 Å². The molecule has 0 aliphatic heterocycles. The van der Waals surface area contributed by atoms with Crippen molar-refractivity contribution in [2.75, 3.05) is 26.2 Å². The second-order valence-corrected chi connectivity index (χ2v) is 4.65. The molecule has 0 aliphatic rings. The number of Topliss-reactive ketones (excluding diaryl/α,β-unsaturated/α-hetero) is 1. The number of hydrogen-bond acceptors (Lipinski definition) is 3. The fraction of sp³-hybridized carbons (Fsp3) is 0.500. The summed E-state index contributed by atoms with van der Waals surface area (Å²) in [7, 11) is 0. The molecule has 0 saturated carbocycles. The Bertz CT molecular complexity index is 429. The van der Waals surface area contributed by atoms with Gasteiger partial charge in [-0.2, -0.15) is 13.2 Å². The van der Waals surface area contributed by atoms with Crippen molar-refractivity contribution in [2.24, 2.45) is 0 Å². The SMILES string of the molecule is Cc1ccc(C(=O)CCN(CCO)CC(F)(F)F)cc1. The third kappa shape index (κ3) is 6.16. The average Bonchev–Trinajstić information content (AvgIpc) is 2.35. The van der Waals surface area contributed by atoms with E-state index in [1.54, 1.807) is 24.3 Å². The van der Waals surface area contributed by atoms with Gasteiger partial charge in [-0.1, -0.05) is 29.8 Å². The number of rotatable bonds is 7. The van der Waals surface area contributed by atoms with Crippen molar-refractivity contribution in [2.45, 2.75) is 19.5 Å². The fourth-order valence-corrected chi connectivity index (χ4v) is 1.81. The third-order valence-corrected chi connectivity index (χ3v) is 2.85.